The minimum Gasteiger partial charge on any atom is -0.334 e. The minimum absolute atomic E-state index is 0.280. The van der Waals surface area contributed by atoms with Crippen LogP contribution in [0.2, 0.25) is 0 Å². The average molecular weight is 423 g/mol. The van der Waals surface area contributed by atoms with Crippen LogP contribution in [0.4, 0.5) is 4.79 Å². The van der Waals surface area contributed by atoms with Crippen LogP contribution in [0.5, 0.6) is 0 Å². The fraction of sp³-hybridized carbons (Fsp3) is 0.143. The summed E-state index contributed by atoms with van der Waals surface area (Å²) < 4.78 is 0. The molecule has 1 heterocycles. The number of amides is 4. The molecule has 4 amide bonds. The summed E-state index contributed by atoms with van der Waals surface area (Å²) in [5.41, 5.74) is 7.06. The predicted molar refractivity (Wildman–Crippen MR) is 115 cm³/mol. The van der Waals surface area contributed by atoms with Crippen molar-refractivity contribution in [2.75, 3.05) is 6.54 Å². The standard InChI is InChI=1S/C21H21N5O3S/c1-14-18(30-20(24-14)16-10-6-3-7-11-16)19(28)26-25-17(27)13-23-21(29)22-12-15-8-4-2-5-9-15/h2-11H,12-13H2,1H3,(H,25,27)(H,26,28)(H2,22,23,29). The molecule has 0 atom stereocenters. The molecule has 2 aromatic carbocycles. The molecule has 154 valence electrons. The molecule has 0 saturated carbocycles. The number of aromatic nitrogens is 1. The summed E-state index contributed by atoms with van der Waals surface area (Å²) in [5.74, 6) is -1.02. The minimum atomic E-state index is -0.552. The van der Waals surface area contributed by atoms with Gasteiger partial charge in [-0.3, -0.25) is 20.4 Å². The van der Waals surface area contributed by atoms with Crippen molar-refractivity contribution in [3.63, 3.8) is 0 Å². The van der Waals surface area contributed by atoms with Gasteiger partial charge in [-0.15, -0.1) is 11.3 Å². The molecule has 0 bridgehead atoms. The lowest BCUT2D eigenvalue weighted by atomic mass is 10.2. The summed E-state index contributed by atoms with van der Waals surface area (Å²) in [7, 11) is 0. The van der Waals surface area contributed by atoms with E-state index in [0.29, 0.717) is 17.1 Å². The highest BCUT2D eigenvalue weighted by atomic mass is 32.1. The van der Waals surface area contributed by atoms with Crippen molar-refractivity contribution in [3.8, 4) is 10.6 Å². The van der Waals surface area contributed by atoms with E-state index in [4.69, 9.17) is 0 Å². The van der Waals surface area contributed by atoms with Gasteiger partial charge in [0.2, 0.25) is 0 Å². The monoisotopic (exact) mass is 423 g/mol. The van der Waals surface area contributed by atoms with Gasteiger partial charge in [0.1, 0.15) is 16.4 Å². The quantitative estimate of drug-likeness (QED) is 0.456. The van der Waals surface area contributed by atoms with Crippen LogP contribution >= 0.6 is 11.3 Å². The summed E-state index contributed by atoms with van der Waals surface area (Å²) in [4.78, 5) is 40.8. The van der Waals surface area contributed by atoms with Gasteiger partial charge < -0.3 is 10.6 Å². The van der Waals surface area contributed by atoms with Crippen LogP contribution in [0.25, 0.3) is 10.6 Å². The molecule has 30 heavy (non-hydrogen) atoms. The van der Waals surface area contributed by atoms with E-state index in [9.17, 15) is 14.4 Å². The number of hydrogen-bond donors (Lipinski definition) is 4. The second-order valence-corrected chi connectivity index (χ2v) is 7.32. The third-order valence-corrected chi connectivity index (χ3v) is 5.25. The van der Waals surface area contributed by atoms with E-state index in [1.54, 1.807) is 6.92 Å². The zero-order chi connectivity index (χ0) is 21.3. The lowest BCUT2D eigenvalue weighted by molar-refractivity contribution is -0.120. The Morgan fingerprint density at radius 1 is 0.900 bits per heavy atom. The molecule has 3 aromatic rings. The number of urea groups is 1. The largest absolute Gasteiger partial charge is 0.334 e. The van der Waals surface area contributed by atoms with Gasteiger partial charge in [-0.1, -0.05) is 60.7 Å². The van der Waals surface area contributed by atoms with Gasteiger partial charge >= 0.3 is 6.03 Å². The first-order chi connectivity index (χ1) is 14.5. The molecule has 1 aromatic heterocycles. The van der Waals surface area contributed by atoms with E-state index in [1.807, 2.05) is 60.7 Å². The maximum atomic E-state index is 12.4. The first-order valence-corrected chi connectivity index (χ1v) is 10.0. The van der Waals surface area contributed by atoms with Gasteiger partial charge in [0.25, 0.3) is 11.8 Å². The van der Waals surface area contributed by atoms with Crippen LogP contribution in [0.15, 0.2) is 60.7 Å². The number of aryl methyl sites for hydroxylation is 1. The number of benzene rings is 2. The smallest absolute Gasteiger partial charge is 0.315 e. The molecule has 3 rings (SSSR count). The number of hydrogen-bond acceptors (Lipinski definition) is 5. The Kier molecular flexibility index (Phi) is 7.12. The number of nitrogens with one attached hydrogen (secondary N) is 4. The van der Waals surface area contributed by atoms with Gasteiger partial charge in [-0.05, 0) is 12.5 Å². The third-order valence-electron chi connectivity index (χ3n) is 4.04. The van der Waals surface area contributed by atoms with Crippen molar-refractivity contribution >= 4 is 29.2 Å². The fourth-order valence-electron chi connectivity index (χ4n) is 2.54. The van der Waals surface area contributed by atoms with Gasteiger partial charge in [-0.25, -0.2) is 9.78 Å². The van der Waals surface area contributed by atoms with E-state index in [1.165, 1.54) is 11.3 Å². The van der Waals surface area contributed by atoms with Crippen LogP contribution in [0, 0.1) is 6.92 Å². The molecule has 0 aliphatic rings. The molecular formula is C21H21N5O3S. The van der Waals surface area contributed by atoms with E-state index in [-0.39, 0.29) is 6.54 Å². The summed E-state index contributed by atoms with van der Waals surface area (Å²) in [6, 6.07) is 18.4. The van der Waals surface area contributed by atoms with E-state index in [2.05, 4.69) is 26.5 Å². The number of rotatable bonds is 6. The SMILES string of the molecule is Cc1nc(-c2ccccc2)sc1C(=O)NNC(=O)CNC(=O)NCc1ccccc1. The Hall–Kier alpha value is -3.72. The highest BCUT2D eigenvalue weighted by Crippen LogP contribution is 2.27. The molecule has 9 heteroatoms. The molecule has 0 spiro atoms. The molecule has 0 aliphatic carbocycles. The number of hydrazine groups is 1. The van der Waals surface area contributed by atoms with Gasteiger partial charge in [0.05, 0.1) is 5.69 Å². The van der Waals surface area contributed by atoms with Crippen LogP contribution < -0.4 is 21.5 Å². The maximum absolute atomic E-state index is 12.4. The molecule has 8 nitrogen and oxygen atoms in total. The zero-order valence-electron chi connectivity index (χ0n) is 16.3. The second kappa shape index (κ2) is 10.2. The summed E-state index contributed by atoms with van der Waals surface area (Å²) in [5, 5.41) is 5.80. The van der Waals surface area contributed by atoms with Gasteiger partial charge in [0.15, 0.2) is 0 Å². The van der Waals surface area contributed by atoms with Gasteiger partial charge in [-0.2, -0.15) is 0 Å². The third kappa shape index (κ3) is 5.89. The Bertz CT molecular complexity index is 1020. The average Bonchev–Trinajstić information content (AvgIpc) is 3.17. The highest BCUT2D eigenvalue weighted by Gasteiger charge is 2.17. The van der Waals surface area contributed by atoms with Crippen molar-refractivity contribution < 1.29 is 14.4 Å². The van der Waals surface area contributed by atoms with Gasteiger partial charge in [0, 0.05) is 12.1 Å². The molecular weight excluding hydrogens is 402 g/mol. The Morgan fingerprint density at radius 3 is 2.27 bits per heavy atom. The lowest BCUT2D eigenvalue weighted by Gasteiger charge is -2.09. The number of carbonyl (C=O) groups is 3. The number of carbonyl (C=O) groups excluding carboxylic acids is 3. The molecule has 4 N–H and O–H groups in total. The molecule has 0 aliphatic heterocycles. The number of thiazole rings is 1. The predicted octanol–water partition coefficient (Wildman–Crippen LogP) is 2.38. The number of nitrogens with zero attached hydrogens (tertiary/aromatic N) is 1. The second-order valence-electron chi connectivity index (χ2n) is 6.32. The van der Waals surface area contributed by atoms with E-state index in [0.717, 1.165) is 16.1 Å². The Morgan fingerprint density at radius 2 is 1.57 bits per heavy atom. The summed E-state index contributed by atoms with van der Waals surface area (Å²) in [6.07, 6.45) is 0. The van der Waals surface area contributed by atoms with Crippen molar-refractivity contribution in [1.29, 1.82) is 0 Å². The highest BCUT2D eigenvalue weighted by molar-refractivity contribution is 7.17. The Balaban J connectivity index is 1.43. The van der Waals surface area contributed by atoms with Crippen LogP contribution in [0.3, 0.4) is 0 Å². The molecule has 0 unspecified atom stereocenters. The van der Waals surface area contributed by atoms with Crippen LogP contribution in [-0.4, -0.2) is 29.4 Å². The molecule has 0 fully saturated rings. The van der Waals surface area contributed by atoms with E-state index >= 15 is 0 Å². The van der Waals surface area contributed by atoms with Crippen molar-refractivity contribution in [2.24, 2.45) is 0 Å². The van der Waals surface area contributed by atoms with Crippen molar-refractivity contribution in [1.82, 2.24) is 26.5 Å². The zero-order valence-corrected chi connectivity index (χ0v) is 17.1. The normalized spacial score (nSPS) is 10.2. The maximum Gasteiger partial charge on any atom is 0.315 e. The Labute approximate surface area is 177 Å². The van der Waals surface area contributed by atoms with Crippen LogP contribution in [0.1, 0.15) is 20.9 Å². The molecule has 0 saturated heterocycles. The lowest BCUT2D eigenvalue weighted by Crippen LogP contribution is -2.47. The summed E-state index contributed by atoms with van der Waals surface area (Å²) in [6.45, 7) is 1.80. The van der Waals surface area contributed by atoms with Crippen molar-refractivity contribution in [2.45, 2.75) is 13.5 Å². The van der Waals surface area contributed by atoms with Crippen molar-refractivity contribution in [3.05, 3.63) is 76.8 Å². The topological polar surface area (TPSA) is 112 Å². The summed E-state index contributed by atoms with van der Waals surface area (Å²) >= 11 is 1.24. The first kappa shape index (κ1) is 21.0. The molecule has 0 radical (unpaired) electrons. The first-order valence-electron chi connectivity index (χ1n) is 9.20. The fourth-order valence-corrected chi connectivity index (χ4v) is 3.51. The van der Waals surface area contributed by atoms with E-state index < -0.39 is 17.8 Å². The van der Waals surface area contributed by atoms with Crippen LogP contribution in [-0.2, 0) is 11.3 Å².